The van der Waals surface area contributed by atoms with Crippen LogP contribution < -0.4 is 4.90 Å². The predicted molar refractivity (Wildman–Crippen MR) is 102 cm³/mol. The molecule has 0 aromatic heterocycles. The lowest BCUT2D eigenvalue weighted by molar-refractivity contribution is -0.387. The number of benzene rings is 1. The van der Waals surface area contributed by atoms with Crippen LogP contribution >= 0.6 is 0 Å². The molecule has 2 aliphatic rings. The Morgan fingerprint density at radius 1 is 1.11 bits per heavy atom. The van der Waals surface area contributed by atoms with Gasteiger partial charge in [0.1, 0.15) is 10.6 Å². The van der Waals surface area contributed by atoms with E-state index in [9.17, 15) is 23.3 Å². The summed E-state index contributed by atoms with van der Waals surface area (Å²) in [5.74, 6) is 0.293. The van der Waals surface area contributed by atoms with Crippen LogP contribution in [0.4, 0.5) is 11.4 Å². The molecule has 3 rings (SSSR count). The molecule has 9 heteroatoms. The first-order valence-corrected chi connectivity index (χ1v) is 11.2. The lowest BCUT2D eigenvalue weighted by Gasteiger charge is -2.38. The van der Waals surface area contributed by atoms with Gasteiger partial charge in [-0.15, -0.1) is 0 Å². The number of nitrogens with zero attached hydrogens (tertiary/aromatic N) is 3. The van der Waals surface area contributed by atoms with E-state index in [4.69, 9.17) is 0 Å². The van der Waals surface area contributed by atoms with Crippen LogP contribution in [-0.2, 0) is 14.6 Å². The molecule has 1 saturated carbocycles. The summed E-state index contributed by atoms with van der Waals surface area (Å²) in [6.45, 7) is 1.89. The lowest BCUT2D eigenvalue weighted by atomic mass is 9.88. The summed E-state index contributed by atoms with van der Waals surface area (Å²) in [5, 5.41) is 11.6. The number of sulfone groups is 1. The normalized spacial score (nSPS) is 19.1. The number of amides is 1. The van der Waals surface area contributed by atoms with Gasteiger partial charge in [-0.3, -0.25) is 14.9 Å². The van der Waals surface area contributed by atoms with Crippen molar-refractivity contribution < 1.29 is 18.1 Å². The smallest absolute Gasteiger partial charge is 0.311 e. The van der Waals surface area contributed by atoms with Crippen molar-refractivity contribution >= 4 is 27.1 Å². The Morgan fingerprint density at radius 3 is 2.30 bits per heavy atom. The molecule has 1 amide bonds. The second-order valence-electron chi connectivity index (χ2n) is 7.30. The maximum atomic E-state index is 12.7. The van der Waals surface area contributed by atoms with Gasteiger partial charge in [-0.05, 0) is 25.0 Å². The largest absolute Gasteiger partial charge is 0.362 e. The fraction of sp³-hybridized carbons (Fsp3) is 0.611. The van der Waals surface area contributed by atoms with Crippen molar-refractivity contribution in [1.29, 1.82) is 0 Å². The summed E-state index contributed by atoms with van der Waals surface area (Å²) in [5.41, 5.74) is -0.0836. The molecule has 1 aliphatic heterocycles. The second-order valence-corrected chi connectivity index (χ2v) is 9.28. The van der Waals surface area contributed by atoms with Crippen LogP contribution in [0.5, 0.6) is 0 Å². The van der Waals surface area contributed by atoms with Crippen molar-refractivity contribution in [3.8, 4) is 0 Å². The summed E-state index contributed by atoms with van der Waals surface area (Å²) in [4.78, 5) is 27.0. The van der Waals surface area contributed by atoms with Crippen molar-refractivity contribution in [3.05, 3.63) is 28.3 Å². The zero-order valence-electron chi connectivity index (χ0n) is 15.5. The molecule has 0 N–H and O–H groups in total. The van der Waals surface area contributed by atoms with Gasteiger partial charge in [0.2, 0.25) is 5.91 Å². The van der Waals surface area contributed by atoms with Gasteiger partial charge < -0.3 is 9.80 Å². The van der Waals surface area contributed by atoms with Gasteiger partial charge in [-0.25, -0.2) is 8.42 Å². The number of carbonyl (C=O) groups excluding carboxylic acids is 1. The first-order chi connectivity index (χ1) is 12.8. The van der Waals surface area contributed by atoms with Gasteiger partial charge in [0, 0.05) is 38.4 Å². The van der Waals surface area contributed by atoms with Crippen LogP contribution in [0.1, 0.15) is 32.1 Å². The third-order valence-electron chi connectivity index (χ3n) is 5.45. The summed E-state index contributed by atoms with van der Waals surface area (Å²) in [6, 6.07) is 4.36. The lowest BCUT2D eigenvalue weighted by Crippen LogP contribution is -2.50. The molecule has 1 heterocycles. The summed E-state index contributed by atoms with van der Waals surface area (Å²) in [6.07, 6.45) is 6.25. The number of piperazine rings is 1. The third kappa shape index (κ3) is 4.23. The minimum Gasteiger partial charge on any atom is -0.362 e. The van der Waals surface area contributed by atoms with E-state index >= 15 is 0 Å². The molecule has 8 nitrogen and oxygen atoms in total. The zero-order chi connectivity index (χ0) is 19.6. The number of anilines is 1. The van der Waals surface area contributed by atoms with Crippen LogP contribution in [0.15, 0.2) is 23.1 Å². The third-order valence-corrected chi connectivity index (χ3v) is 6.57. The Labute approximate surface area is 159 Å². The van der Waals surface area contributed by atoms with Gasteiger partial charge in [0.05, 0.1) is 4.92 Å². The summed E-state index contributed by atoms with van der Waals surface area (Å²) in [7, 11) is -3.71. The highest BCUT2D eigenvalue weighted by molar-refractivity contribution is 7.90. The highest BCUT2D eigenvalue weighted by Crippen LogP contribution is 2.35. The van der Waals surface area contributed by atoms with E-state index in [2.05, 4.69) is 0 Å². The van der Waals surface area contributed by atoms with Crippen molar-refractivity contribution in [2.75, 3.05) is 37.3 Å². The van der Waals surface area contributed by atoms with Crippen molar-refractivity contribution in [2.24, 2.45) is 5.92 Å². The molecule has 0 bridgehead atoms. The summed E-state index contributed by atoms with van der Waals surface area (Å²) < 4.78 is 23.9. The van der Waals surface area contributed by atoms with E-state index in [0.717, 1.165) is 31.9 Å². The Bertz CT molecular complexity index is 825. The van der Waals surface area contributed by atoms with E-state index in [1.54, 1.807) is 11.0 Å². The molecule has 148 valence electrons. The molecule has 0 atom stereocenters. The molecule has 0 spiro atoms. The van der Waals surface area contributed by atoms with Crippen molar-refractivity contribution in [1.82, 2.24) is 4.90 Å². The van der Waals surface area contributed by atoms with E-state index in [1.165, 1.54) is 18.6 Å². The van der Waals surface area contributed by atoms with E-state index in [-0.39, 0.29) is 22.4 Å². The molecule has 0 unspecified atom stereocenters. The van der Waals surface area contributed by atoms with E-state index in [0.29, 0.717) is 31.9 Å². The number of rotatable bonds is 4. The first-order valence-electron chi connectivity index (χ1n) is 9.30. The molecule has 1 saturated heterocycles. The van der Waals surface area contributed by atoms with Gasteiger partial charge in [-0.1, -0.05) is 25.3 Å². The van der Waals surface area contributed by atoms with Crippen LogP contribution in [0.2, 0.25) is 0 Å². The number of carbonyl (C=O) groups is 1. The molecule has 1 aliphatic carbocycles. The maximum Gasteiger partial charge on any atom is 0.311 e. The number of hydrogen-bond donors (Lipinski definition) is 0. The highest BCUT2D eigenvalue weighted by Gasteiger charge is 2.32. The van der Waals surface area contributed by atoms with Gasteiger partial charge in [0.25, 0.3) is 0 Å². The van der Waals surface area contributed by atoms with E-state index in [1.807, 2.05) is 4.90 Å². The van der Waals surface area contributed by atoms with Crippen LogP contribution in [-0.4, -0.2) is 56.6 Å². The molecule has 27 heavy (non-hydrogen) atoms. The SMILES string of the molecule is CS(=O)(=O)c1cccc(N2CCN(C(=O)C3CCCCC3)CC2)c1[N+](=O)[O-]. The number of nitro groups is 1. The second kappa shape index (κ2) is 7.84. The summed E-state index contributed by atoms with van der Waals surface area (Å²) >= 11 is 0. The molecular formula is C18H25N3O5S. The van der Waals surface area contributed by atoms with Gasteiger partial charge >= 0.3 is 5.69 Å². The fourth-order valence-electron chi connectivity index (χ4n) is 4.02. The quantitative estimate of drug-likeness (QED) is 0.572. The van der Waals surface area contributed by atoms with Crippen LogP contribution in [0, 0.1) is 16.0 Å². The van der Waals surface area contributed by atoms with Crippen molar-refractivity contribution in [3.63, 3.8) is 0 Å². The first kappa shape index (κ1) is 19.6. The Morgan fingerprint density at radius 2 is 1.74 bits per heavy atom. The molecular weight excluding hydrogens is 370 g/mol. The average molecular weight is 395 g/mol. The topological polar surface area (TPSA) is 101 Å². The molecule has 2 fully saturated rings. The van der Waals surface area contributed by atoms with Crippen molar-refractivity contribution in [2.45, 2.75) is 37.0 Å². The van der Waals surface area contributed by atoms with E-state index < -0.39 is 14.8 Å². The fourth-order valence-corrected chi connectivity index (χ4v) is 4.88. The Kier molecular flexibility index (Phi) is 5.69. The maximum absolute atomic E-state index is 12.7. The van der Waals surface area contributed by atoms with Gasteiger partial charge in [0.15, 0.2) is 9.84 Å². The molecule has 1 aromatic rings. The molecule has 0 radical (unpaired) electrons. The minimum atomic E-state index is -3.71. The highest BCUT2D eigenvalue weighted by atomic mass is 32.2. The molecule has 1 aromatic carbocycles. The number of para-hydroxylation sites is 1. The minimum absolute atomic E-state index is 0.105. The number of nitro benzene ring substituents is 1. The Balaban J connectivity index is 1.76. The zero-order valence-corrected chi connectivity index (χ0v) is 16.3. The standard InChI is InChI=1S/C18H25N3O5S/c1-27(25,26)16-9-5-8-15(17(16)21(23)24)19-10-12-20(13-11-19)18(22)14-6-3-2-4-7-14/h5,8-9,14H,2-4,6-7,10-13H2,1H3. The monoisotopic (exact) mass is 395 g/mol. The predicted octanol–water partition coefficient (Wildman–Crippen LogP) is 2.23. The average Bonchev–Trinajstić information content (AvgIpc) is 2.67. The van der Waals surface area contributed by atoms with Crippen LogP contribution in [0.3, 0.4) is 0 Å². The number of hydrogen-bond acceptors (Lipinski definition) is 6. The van der Waals surface area contributed by atoms with Crippen LogP contribution in [0.25, 0.3) is 0 Å². The van der Waals surface area contributed by atoms with Gasteiger partial charge in [-0.2, -0.15) is 0 Å². The Hall–Kier alpha value is -2.16.